The third-order valence-corrected chi connectivity index (χ3v) is 5.79. The van der Waals surface area contributed by atoms with Gasteiger partial charge in [0.25, 0.3) is 5.91 Å². The molecule has 0 unspecified atom stereocenters. The zero-order valence-corrected chi connectivity index (χ0v) is 19.3. The van der Waals surface area contributed by atoms with Gasteiger partial charge in [0.2, 0.25) is 5.95 Å². The van der Waals surface area contributed by atoms with Gasteiger partial charge in [-0.2, -0.15) is 0 Å². The van der Waals surface area contributed by atoms with Crippen molar-refractivity contribution in [1.29, 1.82) is 0 Å². The molecule has 0 spiro atoms. The highest BCUT2D eigenvalue weighted by Gasteiger charge is 2.12. The van der Waals surface area contributed by atoms with Crippen LogP contribution < -0.4 is 10.6 Å². The number of nitrogens with zero attached hydrogens (tertiary/aromatic N) is 2. The third-order valence-electron chi connectivity index (χ3n) is 5.23. The maximum atomic E-state index is 12.6. The number of rotatable bonds is 5. The summed E-state index contributed by atoms with van der Waals surface area (Å²) < 4.78 is 0. The Morgan fingerprint density at radius 2 is 1.50 bits per heavy atom. The fourth-order valence-electron chi connectivity index (χ4n) is 3.56. The van der Waals surface area contributed by atoms with Crippen LogP contribution in [0, 0.1) is 0 Å². The number of anilines is 3. The van der Waals surface area contributed by atoms with Crippen LogP contribution in [0.1, 0.15) is 10.4 Å². The minimum Gasteiger partial charge on any atom is -0.324 e. The molecule has 5 aromatic rings. The van der Waals surface area contributed by atoms with Crippen molar-refractivity contribution in [2.75, 3.05) is 10.6 Å². The standard InChI is InChI=1S/C27H18Cl2N4O/c28-19-12-15-23-21(16-19)25(17-6-2-1-3-7-17)33-27(32-23)30-20-13-10-18(11-14-20)26(34)31-24-9-5-4-8-22(24)29/h1-16H,(H,31,34)(H,30,32,33). The maximum absolute atomic E-state index is 12.6. The van der Waals surface area contributed by atoms with Gasteiger partial charge in [0.05, 0.1) is 21.9 Å². The van der Waals surface area contributed by atoms with E-state index in [9.17, 15) is 4.79 Å². The smallest absolute Gasteiger partial charge is 0.255 e. The summed E-state index contributed by atoms with van der Waals surface area (Å²) in [5.74, 6) is 0.201. The predicted molar refractivity (Wildman–Crippen MR) is 139 cm³/mol. The van der Waals surface area contributed by atoms with Crippen LogP contribution in [0.3, 0.4) is 0 Å². The molecule has 0 aliphatic carbocycles. The highest BCUT2D eigenvalue weighted by Crippen LogP contribution is 2.30. The molecule has 1 amide bonds. The summed E-state index contributed by atoms with van der Waals surface area (Å²) in [6, 6.07) is 29.6. The lowest BCUT2D eigenvalue weighted by atomic mass is 10.1. The highest BCUT2D eigenvalue weighted by atomic mass is 35.5. The molecule has 0 fully saturated rings. The molecule has 0 bridgehead atoms. The van der Waals surface area contributed by atoms with E-state index >= 15 is 0 Å². The number of para-hydroxylation sites is 1. The molecular formula is C27H18Cl2N4O. The summed E-state index contributed by atoms with van der Waals surface area (Å²) in [5.41, 5.74) is 4.34. The average molecular weight is 485 g/mol. The van der Waals surface area contributed by atoms with Crippen LogP contribution in [-0.2, 0) is 0 Å². The Morgan fingerprint density at radius 1 is 0.765 bits per heavy atom. The van der Waals surface area contributed by atoms with E-state index in [1.54, 1.807) is 36.4 Å². The summed E-state index contributed by atoms with van der Waals surface area (Å²) in [6.45, 7) is 0. The van der Waals surface area contributed by atoms with E-state index in [-0.39, 0.29) is 5.91 Å². The first kappa shape index (κ1) is 21.9. The van der Waals surface area contributed by atoms with Crippen LogP contribution in [0.2, 0.25) is 10.0 Å². The third kappa shape index (κ3) is 4.71. The van der Waals surface area contributed by atoms with E-state index in [0.717, 1.165) is 27.8 Å². The first-order valence-electron chi connectivity index (χ1n) is 10.5. The first-order valence-corrected chi connectivity index (χ1v) is 11.3. The minimum absolute atomic E-state index is 0.246. The van der Waals surface area contributed by atoms with Crippen LogP contribution in [0.4, 0.5) is 17.3 Å². The Hall–Kier alpha value is -3.93. The molecule has 4 aromatic carbocycles. The summed E-state index contributed by atoms with van der Waals surface area (Å²) >= 11 is 12.4. The van der Waals surface area contributed by atoms with E-state index in [0.29, 0.717) is 27.2 Å². The molecule has 0 atom stereocenters. The second-order valence-electron chi connectivity index (χ2n) is 7.56. The van der Waals surface area contributed by atoms with Crippen molar-refractivity contribution in [2.24, 2.45) is 0 Å². The number of carbonyl (C=O) groups excluding carboxylic acids is 1. The molecule has 34 heavy (non-hydrogen) atoms. The van der Waals surface area contributed by atoms with Crippen molar-refractivity contribution < 1.29 is 4.79 Å². The molecule has 0 saturated carbocycles. The van der Waals surface area contributed by atoms with Gasteiger partial charge in [-0.1, -0.05) is 65.7 Å². The molecule has 1 aromatic heterocycles. The van der Waals surface area contributed by atoms with Crippen molar-refractivity contribution >= 4 is 57.3 Å². The van der Waals surface area contributed by atoms with Gasteiger partial charge in [-0.25, -0.2) is 9.97 Å². The lowest BCUT2D eigenvalue weighted by molar-refractivity contribution is 0.102. The van der Waals surface area contributed by atoms with E-state index in [4.69, 9.17) is 28.2 Å². The molecular weight excluding hydrogens is 467 g/mol. The molecule has 7 heteroatoms. The summed E-state index contributed by atoms with van der Waals surface area (Å²) in [6.07, 6.45) is 0. The fourth-order valence-corrected chi connectivity index (χ4v) is 3.92. The summed E-state index contributed by atoms with van der Waals surface area (Å²) in [4.78, 5) is 22.0. The molecule has 1 heterocycles. The Bertz CT molecular complexity index is 1490. The second-order valence-corrected chi connectivity index (χ2v) is 8.40. The van der Waals surface area contributed by atoms with Crippen molar-refractivity contribution in [3.05, 3.63) is 113 Å². The fraction of sp³-hybridized carbons (Fsp3) is 0. The molecule has 0 saturated heterocycles. The Kier molecular flexibility index (Phi) is 6.12. The van der Waals surface area contributed by atoms with Gasteiger partial charge in [-0.05, 0) is 54.6 Å². The lowest BCUT2D eigenvalue weighted by Crippen LogP contribution is -2.12. The minimum atomic E-state index is -0.246. The second kappa shape index (κ2) is 9.51. The number of amides is 1. The van der Waals surface area contributed by atoms with E-state index in [2.05, 4.69) is 15.6 Å². The molecule has 166 valence electrons. The average Bonchev–Trinajstić information content (AvgIpc) is 2.86. The van der Waals surface area contributed by atoms with Crippen LogP contribution in [0.25, 0.3) is 22.2 Å². The van der Waals surface area contributed by atoms with Crippen molar-refractivity contribution in [1.82, 2.24) is 9.97 Å². The van der Waals surface area contributed by atoms with Gasteiger partial charge in [0, 0.05) is 27.2 Å². The number of hydrogen-bond donors (Lipinski definition) is 2. The molecule has 0 aliphatic heterocycles. The number of benzene rings is 4. The maximum Gasteiger partial charge on any atom is 0.255 e. The number of aromatic nitrogens is 2. The predicted octanol–water partition coefficient (Wildman–Crippen LogP) is 7.60. The van der Waals surface area contributed by atoms with Crippen molar-refractivity contribution in [3.8, 4) is 11.3 Å². The Labute approximate surface area is 206 Å². The summed E-state index contributed by atoms with van der Waals surface area (Å²) in [7, 11) is 0. The Balaban J connectivity index is 1.42. The van der Waals surface area contributed by atoms with Gasteiger partial charge < -0.3 is 10.6 Å². The number of fused-ring (bicyclic) bond motifs is 1. The van der Waals surface area contributed by atoms with Crippen molar-refractivity contribution in [3.63, 3.8) is 0 Å². The SMILES string of the molecule is O=C(Nc1ccccc1Cl)c1ccc(Nc2nc(-c3ccccc3)c3cc(Cl)ccc3n2)cc1. The summed E-state index contributed by atoms with van der Waals surface area (Å²) in [5, 5.41) is 8.04. The molecule has 2 N–H and O–H groups in total. The van der Waals surface area contributed by atoms with Gasteiger partial charge in [0.15, 0.2) is 0 Å². The number of hydrogen-bond acceptors (Lipinski definition) is 4. The van der Waals surface area contributed by atoms with Gasteiger partial charge in [-0.3, -0.25) is 4.79 Å². The van der Waals surface area contributed by atoms with E-state index in [1.807, 2.05) is 60.7 Å². The lowest BCUT2D eigenvalue weighted by Gasteiger charge is -2.11. The molecule has 5 rings (SSSR count). The van der Waals surface area contributed by atoms with Gasteiger partial charge in [0.1, 0.15) is 0 Å². The zero-order valence-electron chi connectivity index (χ0n) is 17.8. The van der Waals surface area contributed by atoms with Crippen molar-refractivity contribution in [2.45, 2.75) is 0 Å². The molecule has 5 nitrogen and oxygen atoms in total. The molecule has 0 radical (unpaired) electrons. The van der Waals surface area contributed by atoms with Crippen LogP contribution >= 0.6 is 23.2 Å². The largest absolute Gasteiger partial charge is 0.324 e. The first-order chi connectivity index (χ1) is 16.6. The number of nitrogens with one attached hydrogen (secondary N) is 2. The van der Waals surface area contributed by atoms with Crippen LogP contribution in [-0.4, -0.2) is 15.9 Å². The normalized spacial score (nSPS) is 10.8. The zero-order chi connectivity index (χ0) is 23.5. The number of carbonyl (C=O) groups is 1. The van der Waals surface area contributed by atoms with Gasteiger partial charge >= 0.3 is 0 Å². The monoisotopic (exact) mass is 484 g/mol. The quantitative estimate of drug-likeness (QED) is 0.269. The topological polar surface area (TPSA) is 66.9 Å². The highest BCUT2D eigenvalue weighted by molar-refractivity contribution is 6.34. The number of halogens is 2. The Morgan fingerprint density at radius 3 is 2.26 bits per heavy atom. The van der Waals surface area contributed by atoms with Gasteiger partial charge in [-0.15, -0.1) is 0 Å². The van der Waals surface area contributed by atoms with E-state index < -0.39 is 0 Å². The van der Waals surface area contributed by atoms with Crippen LogP contribution in [0.5, 0.6) is 0 Å². The molecule has 0 aliphatic rings. The van der Waals surface area contributed by atoms with Crippen LogP contribution in [0.15, 0.2) is 97.1 Å². The van der Waals surface area contributed by atoms with E-state index in [1.165, 1.54) is 0 Å².